The first-order chi connectivity index (χ1) is 50.5. The molecule has 108 heavy (non-hydrogen) atoms. The molecule has 30 nitrogen and oxygen atoms in total. The maximum Gasteiger partial charge on any atom is 0.433 e. The van der Waals surface area contributed by atoms with Crippen LogP contribution >= 0.6 is 0 Å². The molecule has 8 atom stereocenters. The van der Waals surface area contributed by atoms with E-state index in [0.717, 1.165) is 76.5 Å². The zero-order valence-corrected chi connectivity index (χ0v) is 68.4. The Morgan fingerprint density at radius 1 is 0.398 bits per heavy atom. The van der Waals surface area contributed by atoms with E-state index in [1.165, 1.54) is 0 Å². The van der Waals surface area contributed by atoms with Crippen molar-refractivity contribution in [3.63, 3.8) is 0 Å². The van der Waals surface area contributed by atoms with Crippen molar-refractivity contribution in [1.82, 2.24) is 10.6 Å². The van der Waals surface area contributed by atoms with Crippen molar-refractivity contribution in [2.75, 3.05) is 92.4 Å². The number of rotatable bonds is 34. The highest BCUT2D eigenvalue weighted by Crippen LogP contribution is 2.41. The normalized spacial score (nSPS) is 19.5. The fraction of sp³-hybridized carbons (Fsp3) is 0.744. The Kier molecular flexibility index (Phi) is 52.0. The van der Waals surface area contributed by atoms with Gasteiger partial charge < -0.3 is 77.7 Å². The molecule has 2 aliphatic carbocycles. The summed E-state index contributed by atoms with van der Waals surface area (Å²) in [6, 6.07) is 0. The molecule has 4 aliphatic heterocycles. The predicted molar refractivity (Wildman–Crippen MR) is 405 cm³/mol. The topological polar surface area (TPSA) is 402 Å². The SMILES string of the molecule is C=C(C)C(=O)OCC1CCC2OC2C1.C=C(C)C(=O)OCC1CO1.C=C(C)C(=O)OCCNC(=O)O/N=C(\C)CC.C=C(C)C(=O)OCCO.CC/C(C)=N/OC(=O)NCCOC(=O)C(C)(C)CC.CCC(C)(C)C(=O)OCC1CCC2OC2C1.CCC(C)(C)C(=O)OCC1CO1.CCC(C)(C)C(=O)OCCO. The second-order valence-corrected chi connectivity index (χ2v) is 29.1. The fourth-order valence-corrected chi connectivity index (χ4v) is 7.48. The Morgan fingerprint density at radius 3 is 0.991 bits per heavy atom. The second-order valence-electron chi connectivity index (χ2n) is 29.1. The number of nitrogens with zero attached hydrogens (tertiary/aromatic N) is 2. The zero-order chi connectivity index (χ0) is 83.0. The number of hydrogen-bond donors (Lipinski definition) is 4. The summed E-state index contributed by atoms with van der Waals surface area (Å²) in [5.41, 5.74) is 1.40. The van der Waals surface area contributed by atoms with Gasteiger partial charge in [-0.1, -0.05) is 78.2 Å². The lowest BCUT2D eigenvalue weighted by atomic mass is 9.89. The van der Waals surface area contributed by atoms with Crippen LogP contribution in [0.15, 0.2) is 58.9 Å². The molecule has 0 radical (unpaired) electrons. The van der Waals surface area contributed by atoms with Crippen molar-refractivity contribution >= 4 is 71.4 Å². The maximum atomic E-state index is 11.8. The van der Waals surface area contributed by atoms with Gasteiger partial charge in [-0.2, -0.15) is 0 Å². The molecule has 0 spiro atoms. The number of aliphatic hydroxyl groups excluding tert-OH is 2. The van der Waals surface area contributed by atoms with Gasteiger partial charge in [-0.05, 0) is 186 Å². The van der Waals surface area contributed by atoms with E-state index in [4.69, 9.17) is 62.3 Å². The van der Waals surface area contributed by atoms with Crippen LogP contribution in [-0.2, 0) is 105 Å². The van der Waals surface area contributed by atoms with E-state index in [9.17, 15) is 47.9 Å². The van der Waals surface area contributed by atoms with E-state index in [2.05, 4.69) is 61.7 Å². The first-order valence-electron chi connectivity index (χ1n) is 37.2. The number of esters is 8. The lowest BCUT2D eigenvalue weighted by Gasteiger charge is -2.24. The molecule has 0 aromatic rings. The number of carbonyl (C=O) groups is 10. The third-order valence-corrected chi connectivity index (χ3v) is 17.3. The van der Waals surface area contributed by atoms with Crippen LogP contribution in [0.3, 0.4) is 0 Å². The van der Waals surface area contributed by atoms with Crippen LogP contribution in [0, 0.1) is 33.5 Å². The van der Waals surface area contributed by atoms with Gasteiger partial charge in [-0.25, -0.2) is 28.8 Å². The Labute approximate surface area is 641 Å². The van der Waals surface area contributed by atoms with E-state index >= 15 is 0 Å². The van der Waals surface area contributed by atoms with Gasteiger partial charge in [0.25, 0.3) is 0 Å². The minimum absolute atomic E-state index is 0.0473. The van der Waals surface area contributed by atoms with Crippen LogP contribution in [0.2, 0.25) is 0 Å². The maximum absolute atomic E-state index is 11.8. The minimum atomic E-state index is -0.677. The van der Waals surface area contributed by atoms with E-state index in [1.54, 1.807) is 41.5 Å². The number of carbonyl (C=O) groups excluding carboxylic acids is 10. The number of amides is 2. The number of fused-ring (bicyclic) bond motifs is 2. The third kappa shape index (κ3) is 50.1. The van der Waals surface area contributed by atoms with Crippen LogP contribution < -0.4 is 10.6 Å². The third-order valence-electron chi connectivity index (χ3n) is 17.3. The van der Waals surface area contributed by atoms with Crippen molar-refractivity contribution < 1.29 is 125 Å². The van der Waals surface area contributed by atoms with Gasteiger partial charge in [0.2, 0.25) is 0 Å². The van der Waals surface area contributed by atoms with Crippen molar-refractivity contribution in [2.24, 2.45) is 43.8 Å². The van der Waals surface area contributed by atoms with Crippen LogP contribution in [0.5, 0.6) is 0 Å². The summed E-state index contributed by atoms with van der Waals surface area (Å²) in [5.74, 6) is -1.25. The largest absolute Gasteiger partial charge is 0.465 e. The average molecular weight is 1540 g/mol. The summed E-state index contributed by atoms with van der Waals surface area (Å²) in [5, 5.41) is 28.6. The standard InChI is InChI=1S/C13H24N2O4.C13H22O3.C11H18N2O4.C11H16O3.C9H16O3.C8H16O3.C7H10O3.C6H10O3/c1-6-10(3)15-19-12(17)14-8-9-18-11(16)13(4,5)7-2;1-4-13(2,3)12(14)15-8-9-5-6-10-11(7-9)16-10;1-5-9(4)13-17-11(15)12-6-7-16-10(14)8(2)3;1-7(2)11(12)13-6-8-3-4-9-10(5-8)14-9;1-4-9(2,3)8(10)12-6-7-5-11-7;1-4-8(2,3)7(10)11-6-5-9;1-5(2)7(8)10-4-6-3-9-6;1-5(2)6(8)9-4-3-7/h6-9H2,1-5H3,(H,14,17);9-11H,4-8H2,1-3H3;2,5-7H2,1,3-4H3,(H,12,15);8-10H,1,3-6H2,2H3;7H,4-6H2,1-3H3;9H,4-6H2,1-3H3;6H,1,3-4H2,2H3;7H,1,3-4H2,2H3/b15-10+;;13-9+;;;;;. The first kappa shape index (κ1) is 102. The summed E-state index contributed by atoms with van der Waals surface area (Å²) in [4.78, 5) is 120. The van der Waals surface area contributed by atoms with E-state index in [0.29, 0.717) is 110 Å². The molecular weight excluding hydrogens is 1410 g/mol. The van der Waals surface area contributed by atoms with E-state index < -0.39 is 35.0 Å². The zero-order valence-electron chi connectivity index (χ0n) is 68.4. The summed E-state index contributed by atoms with van der Waals surface area (Å²) >= 11 is 0. The van der Waals surface area contributed by atoms with Gasteiger partial charge in [0, 0.05) is 22.3 Å². The summed E-state index contributed by atoms with van der Waals surface area (Å²) in [6.07, 6.45) is 12.1. The van der Waals surface area contributed by atoms with E-state index in [-0.39, 0.29) is 112 Å². The summed E-state index contributed by atoms with van der Waals surface area (Å²) in [7, 11) is 0. The van der Waals surface area contributed by atoms with Crippen molar-refractivity contribution in [1.29, 1.82) is 0 Å². The van der Waals surface area contributed by atoms with Gasteiger partial charge in [0.05, 0.1) is 110 Å². The molecule has 4 heterocycles. The van der Waals surface area contributed by atoms with Crippen molar-refractivity contribution in [2.45, 2.75) is 252 Å². The number of epoxide rings is 4. The van der Waals surface area contributed by atoms with Crippen molar-refractivity contribution in [3.05, 3.63) is 48.6 Å². The molecule has 6 fully saturated rings. The van der Waals surface area contributed by atoms with E-state index in [1.807, 2.05) is 96.9 Å². The molecule has 0 aromatic carbocycles. The number of aliphatic hydroxyl groups is 2. The van der Waals surface area contributed by atoms with Gasteiger partial charge >= 0.3 is 59.9 Å². The Hall–Kier alpha value is -7.64. The fourth-order valence-electron chi connectivity index (χ4n) is 7.48. The lowest BCUT2D eigenvalue weighted by molar-refractivity contribution is -0.156. The molecule has 2 amide bonds. The Bertz CT molecular complexity index is 2890. The molecule has 0 bridgehead atoms. The molecule has 620 valence electrons. The minimum Gasteiger partial charge on any atom is -0.465 e. The highest BCUT2D eigenvalue weighted by Gasteiger charge is 2.45. The molecule has 6 aliphatic rings. The number of nitrogens with one attached hydrogen (secondary N) is 2. The summed E-state index contributed by atoms with van der Waals surface area (Å²) in [6.45, 7) is 54.1. The smallest absolute Gasteiger partial charge is 0.433 e. The Morgan fingerprint density at radius 2 is 0.676 bits per heavy atom. The quantitative estimate of drug-likeness (QED) is 0.00679. The molecule has 6 rings (SSSR count). The van der Waals surface area contributed by atoms with Gasteiger partial charge in [-0.15, -0.1) is 0 Å². The van der Waals surface area contributed by atoms with Crippen LogP contribution in [0.1, 0.15) is 216 Å². The van der Waals surface area contributed by atoms with Crippen LogP contribution in [0.4, 0.5) is 9.59 Å². The highest BCUT2D eigenvalue weighted by molar-refractivity contribution is 5.88. The Balaban J connectivity index is 0. The number of ether oxygens (including phenoxy) is 12. The van der Waals surface area contributed by atoms with Gasteiger partial charge in [0.15, 0.2) is 0 Å². The first-order valence-corrected chi connectivity index (χ1v) is 37.2. The highest BCUT2D eigenvalue weighted by atomic mass is 16.7. The van der Waals surface area contributed by atoms with Gasteiger partial charge in [0.1, 0.15) is 51.8 Å². The van der Waals surface area contributed by atoms with Crippen molar-refractivity contribution in [3.8, 4) is 0 Å². The molecule has 8 unspecified atom stereocenters. The molecule has 2 saturated carbocycles. The molecular formula is C78H132N4O26. The predicted octanol–water partition coefficient (Wildman–Crippen LogP) is 11.2. The van der Waals surface area contributed by atoms with Gasteiger partial charge in [-0.3, -0.25) is 28.9 Å². The summed E-state index contributed by atoms with van der Waals surface area (Å²) < 4.78 is 60.0. The van der Waals surface area contributed by atoms with Crippen LogP contribution in [0.25, 0.3) is 0 Å². The number of hydrogen-bond acceptors (Lipinski definition) is 28. The van der Waals surface area contributed by atoms with Crippen LogP contribution in [-0.4, -0.2) is 211 Å². The molecule has 0 aromatic heterocycles. The monoisotopic (exact) mass is 1540 g/mol. The molecule has 30 heteroatoms. The second kappa shape index (κ2) is 54.9. The average Bonchev–Trinajstić information content (AvgIpc) is 1.67. The lowest BCUT2D eigenvalue weighted by Crippen LogP contribution is -2.31. The number of oxime groups is 2. The molecule has 4 saturated heterocycles. The molecule has 4 N–H and O–H groups in total.